The number of allylic oxidation sites excluding steroid dienone is 2. The SMILES string of the molecule is O=C(O)CCC/C=C\C[C@@H]1[C@H](CCOC(=O)NC2CCCCC2)[C@@H]2CC[C@H]1O2. The Morgan fingerprint density at radius 1 is 1.04 bits per heavy atom. The van der Waals surface area contributed by atoms with E-state index in [0.717, 1.165) is 44.9 Å². The van der Waals surface area contributed by atoms with Gasteiger partial charge in [-0.15, -0.1) is 0 Å². The first kappa shape index (κ1) is 21.2. The molecule has 0 unspecified atom stereocenters. The van der Waals surface area contributed by atoms with E-state index in [1.807, 2.05) is 0 Å². The number of amides is 1. The molecule has 3 fully saturated rings. The van der Waals surface area contributed by atoms with Crippen LogP contribution in [0.25, 0.3) is 0 Å². The van der Waals surface area contributed by atoms with Gasteiger partial charge in [0.05, 0.1) is 18.8 Å². The minimum Gasteiger partial charge on any atom is -0.481 e. The molecule has 1 aliphatic carbocycles. The van der Waals surface area contributed by atoms with Crippen molar-refractivity contribution in [2.24, 2.45) is 11.8 Å². The van der Waals surface area contributed by atoms with E-state index < -0.39 is 5.97 Å². The Morgan fingerprint density at radius 3 is 2.54 bits per heavy atom. The van der Waals surface area contributed by atoms with Crippen LogP contribution in [0.5, 0.6) is 0 Å². The van der Waals surface area contributed by atoms with Crippen LogP contribution in [-0.2, 0) is 14.3 Å². The van der Waals surface area contributed by atoms with Crippen molar-refractivity contribution in [2.45, 2.75) is 95.3 Å². The van der Waals surface area contributed by atoms with E-state index in [1.54, 1.807) is 0 Å². The lowest BCUT2D eigenvalue weighted by Crippen LogP contribution is -2.37. The Hall–Kier alpha value is -1.56. The number of hydrogen-bond donors (Lipinski definition) is 2. The minimum absolute atomic E-state index is 0.227. The van der Waals surface area contributed by atoms with Crippen molar-refractivity contribution in [1.29, 1.82) is 0 Å². The summed E-state index contributed by atoms with van der Waals surface area (Å²) in [6.45, 7) is 0.453. The van der Waals surface area contributed by atoms with E-state index >= 15 is 0 Å². The van der Waals surface area contributed by atoms with Crippen molar-refractivity contribution in [3.63, 3.8) is 0 Å². The average Bonchev–Trinajstić information content (AvgIpc) is 3.27. The standard InChI is InChI=1S/C22H35NO5/c24-21(25)11-7-2-1-6-10-17-18(20-13-12-19(17)28-20)14-15-27-22(26)23-16-8-4-3-5-9-16/h1,6,16-20H,2-5,7-15H2,(H,23,26)(H,24,25)/b6-1-/t17-,18+,19-,20+/m1/s1. The predicted molar refractivity (Wildman–Crippen MR) is 106 cm³/mol. The summed E-state index contributed by atoms with van der Waals surface area (Å²) in [5, 5.41) is 11.7. The number of carboxylic acids is 1. The largest absolute Gasteiger partial charge is 0.481 e. The molecule has 0 aromatic carbocycles. The van der Waals surface area contributed by atoms with Crippen LogP contribution in [-0.4, -0.2) is 42.0 Å². The maximum atomic E-state index is 12.0. The van der Waals surface area contributed by atoms with E-state index in [-0.39, 0.29) is 18.6 Å². The van der Waals surface area contributed by atoms with Gasteiger partial charge in [-0.3, -0.25) is 4.79 Å². The maximum Gasteiger partial charge on any atom is 0.407 e. The van der Waals surface area contributed by atoms with Gasteiger partial charge in [0.15, 0.2) is 0 Å². The van der Waals surface area contributed by atoms with Crippen LogP contribution in [0.4, 0.5) is 4.79 Å². The molecule has 2 bridgehead atoms. The van der Waals surface area contributed by atoms with Crippen molar-refractivity contribution in [3.05, 3.63) is 12.2 Å². The third kappa shape index (κ3) is 6.23. The zero-order chi connectivity index (χ0) is 19.8. The van der Waals surface area contributed by atoms with Crippen molar-refractivity contribution >= 4 is 12.1 Å². The second kappa shape index (κ2) is 10.8. The summed E-state index contributed by atoms with van der Waals surface area (Å²) in [6, 6.07) is 0.283. The molecule has 158 valence electrons. The number of hydrogen-bond acceptors (Lipinski definition) is 4. The number of unbranched alkanes of at least 4 members (excludes halogenated alkanes) is 1. The highest BCUT2D eigenvalue weighted by Crippen LogP contribution is 2.46. The van der Waals surface area contributed by atoms with E-state index in [4.69, 9.17) is 14.6 Å². The first-order chi connectivity index (χ1) is 13.6. The Labute approximate surface area is 168 Å². The lowest BCUT2D eigenvalue weighted by molar-refractivity contribution is -0.137. The molecule has 0 aromatic heterocycles. The number of fused-ring (bicyclic) bond motifs is 2. The van der Waals surface area contributed by atoms with Crippen molar-refractivity contribution < 1.29 is 24.2 Å². The quantitative estimate of drug-likeness (QED) is 0.424. The number of nitrogens with one attached hydrogen (secondary N) is 1. The third-order valence-corrected chi connectivity index (χ3v) is 6.54. The van der Waals surface area contributed by atoms with Crippen LogP contribution in [0.3, 0.4) is 0 Å². The molecule has 2 N–H and O–H groups in total. The third-order valence-electron chi connectivity index (χ3n) is 6.54. The monoisotopic (exact) mass is 393 g/mol. The highest BCUT2D eigenvalue weighted by Gasteiger charge is 2.47. The number of ether oxygens (including phenoxy) is 2. The number of carboxylic acid groups (broad SMARTS) is 1. The highest BCUT2D eigenvalue weighted by molar-refractivity contribution is 5.67. The zero-order valence-corrected chi connectivity index (χ0v) is 16.8. The van der Waals surface area contributed by atoms with Crippen molar-refractivity contribution in [2.75, 3.05) is 6.61 Å². The predicted octanol–water partition coefficient (Wildman–Crippen LogP) is 4.43. The van der Waals surface area contributed by atoms with Crippen LogP contribution in [0, 0.1) is 11.8 Å². The molecule has 1 saturated carbocycles. The normalized spacial score (nSPS) is 30.0. The van der Waals surface area contributed by atoms with Crippen LogP contribution < -0.4 is 5.32 Å². The molecule has 0 aromatic rings. The lowest BCUT2D eigenvalue weighted by Gasteiger charge is -2.27. The first-order valence-electron chi connectivity index (χ1n) is 11.1. The Morgan fingerprint density at radius 2 is 1.79 bits per heavy atom. The zero-order valence-electron chi connectivity index (χ0n) is 16.8. The second-order valence-electron chi connectivity index (χ2n) is 8.51. The van der Waals surface area contributed by atoms with Gasteiger partial charge in [0.1, 0.15) is 0 Å². The molecule has 1 amide bonds. The maximum absolute atomic E-state index is 12.0. The van der Waals surface area contributed by atoms with E-state index in [9.17, 15) is 9.59 Å². The summed E-state index contributed by atoms with van der Waals surface area (Å²) in [5.74, 6) is 0.201. The summed E-state index contributed by atoms with van der Waals surface area (Å²) in [7, 11) is 0. The summed E-state index contributed by atoms with van der Waals surface area (Å²) in [4.78, 5) is 22.6. The highest BCUT2D eigenvalue weighted by atomic mass is 16.5. The number of aliphatic carboxylic acids is 1. The molecule has 2 heterocycles. The Kier molecular flexibility index (Phi) is 8.19. The second-order valence-corrected chi connectivity index (χ2v) is 8.51. The van der Waals surface area contributed by atoms with Crippen LogP contribution in [0.1, 0.15) is 77.0 Å². The van der Waals surface area contributed by atoms with Gasteiger partial charge in [0.2, 0.25) is 0 Å². The van der Waals surface area contributed by atoms with Crippen LogP contribution in [0.2, 0.25) is 0 Å². The molecule has 2 aliphatic heterocycles. The van der Waals surface area contributed by atoms with Gasteiger partial charge in [0, 0.05) is 12.5 Å². The van der Waals surface area contributed by atoms with Crippen molar-refractivity contribution in [1.82, 2.24) is 5.32 Å². The van der Waals surface area contributed by atoms with Crippen LogP contribution in [0.15, 0.2) is 12.2 Å². The fraction of sp³-hybridized carbons (Fsp3) is 0.818. The van der Waals surface area contributed by atoms with Gasteiger partial charge in [-0.1, -0.05) is 31.4 Å². The molecule has 6 nitrogen and oxygen atoms in total. The van der Waals surface area contributed by atoms with E-state index in [0.29, 0.717) is 37.1 Å². The van der Waals surface area contributed by atoms with E-state index in [2.05, 4.69) is 17.5 Å². The lowest BCUT2D eigenvalue weighted by atomic mass is 9.76. The molecule has 6 heteroatoms. The fourth-order valence-corrected chi connectivity index (χ4v) is 5.08. The molecule has 28 heavy (non-hydrogen) atoms. The van der Waals surface area contributed by atoms with Crippen LogP contribution >= 0.6 is 0 Å². The average molecular weight is 394 g/mol. The van der Waals surface area contributed by atoms with Gasteiger partial charge in [-0.2, -0.15) is 0 Å². The number of carbonyl (C=O) groups excluding carboxylic acids is 1. The Balaban J connectivity index is 1.36. The van der Waals surface area contributed by atoms with Gasteiger partial charge in [-0.25, -0.2) is 4.79 Å². The van der Waals surface area contributed by atoms with Gasteiger partial charge < -0.3 is 19.9 Å². The Bertz CT molecular complexity index is 543. The minimum atomic E-state index is -0.734. The smallest absolute Gasteiger partial charge is 0.407 e. The van der Waals surface area contributed by atoms with Gasteiger partial charge >= 0.3 is 12.1 Å². The molecule has 3 rings (SSSR count). The number of alkyl carbamates (subject to hydrolysis) is 1. The summed E-state index contributed by atoms with van der Waals surface area (Å²) < 4.78 is 11.6. The summed E-state index contributed by atoms with van der Waals surface area (Å²) >= 11 is 0. The molecular weight excluding hydrogens is 358 g/mol. The van der Waals surface area contributed by atoms with E-state index in [1.165, 1.54) is 19.3 Å². The van der Waals surface area contributed by atoms with Gasteiger partial charge in [0.25, 0.3) is 0 Å². The summed E-state index contributed by atoms with van der Waals surface area (Å²) in [5.41, 5.74) is 0. The molecule has 3 aliphatic rings. The number of rotatable bonds is 10. The topological polar surface area (TPSA) is 84.9 Å². The molecular formula is C22H35NO5. The molecule has 4 atom stereocenters. The summed E-state index contributed by atoms with van der Waals surface area (Å²) in [6.07, 6.45) is 16.2. The fourth-order valence-electron chi connectivity index (χ4n) is 5.08. The first-order valence-corrected chi connectivity index (χ1v) is 11.1. The van der Waals surface area contributed by atoms with Gasteiger partial charge in [-0.05, 0) is 63.2 Å². The molecule has 2 saturated heterocycles. The van der Waals surface area contributed by atoms with Crippen molar-refractivity contribution in [3.8, 4) is 0 Å². The molecule has 0 spiro atoms. The number of carbonyl (C=O) groups is 2. The molecule has 0 radical (unpaired) electrons.